The second kappa shape index (κ2) is 8.32. The van der Waals surface area contributed by atoms with Gasteiger partial charge in [0.2, 0.25) is 0 Å². The Balaban J connectivity index is 1.70. The van der Waals surface area contributed by atoms with E-state index in [0.717, 1.165) is 37.8 Å². The van der Waals surface area contributed by atoms with Crippen LogP contribution in [0.4, 0.5) is 4.39 Å². The number of nitrogens with one attached hydrogen (secondary N) is 1. The van der Waals surface area contributed by atoms with Crippen molar-refractivity contribution in [1.29, 1.82) is 0 Å². The first-order chi connectivity index (χ1) is 12.8. The summed E-state index contributed by atoms with van der Waals surface area (Å²) in [5.41, 5.74) is -0.427. The molecule has 3 rings (SSSR count). The molecule has 1 heterocycles. The van der Waals surface area contributed by atoms with Gasteiger partial charge in [0.05, 0.1) is 17.2 Å². The molecule has 1 aromatic rings. The van der Waals surface area contributed by atoms with Gasteiger partial charge in [-0.05, 0) is 44.6 Å². The highest BCUT2D eigenvalue weighted by molar-refractivity contribution is 7.87. The number of carbonyl (C=O) groups is 1. The van der Waals surface area contributed by atoms with Crippen molar-refractivity contribution in [2.24, 2.45) is 5.92 Å². The van der Waals surface area contributed by atoms with Gasteiger partial charge in [-0.1, -0.05) is 24.4 Å². The molecule has 1 aliphatic heterocycles. The van der Waals surface area contributed by atoms with Gasteiger partial charge in [-0.15, -0.1) is 0 Å². The molecule has 2 fully saturated rings. The molecule has 1 saturated carbocycles. The van der Waals surface area contributed by atoms with Crippen molar-refractivity contribution in [3.63, 3.8) is 0 Å². The fourth-order valence-electron chi connectivity index (χ4n) is 3.69. The molecule has 2 aliphatic rings. The first-order valence-electron chi connectivity index (χ1n) is 9.23. The van der Waals surface area contributed by atoms with Crippen LogP contribution in [0.25, 0.3) is 0 Å². The lowest BCUT2D eigenvalue weighted by Gasteiger charge is -2.21. The summed E-state index contributed by atoms with van der Waals surface area (Å²) in [6, 6.07) is 1.95. The van der Waals surface area contributed by atoms with Crippen molar-refractivity contribution in [2.75, 3.05) is 13.2 Å². The van der Waals surface area contributed by atoms with E-state index in [1.165, 1.54) is 17.1 Å². The zero-order valence-corrected chi connectivity index (χ0v) is 16.8. The predicted octanol–water partition coefficient (Wildman–Crippen LogP) is 3.51. The molecule has 0 spiro atoms. The largest absolute Gasteiger partial charge is 0.492 e. The van der Waals surface area contributed by atoms with Crippen molar-refractivity contribution >= 4 is 27.7 Å². The van der Waals surface area contributed by atoms with E-state index < -0.39 is 27.5 Å². The summed E-state index contributed by atoms with van der Waals surface area (Å²) in [6.45, 7) is 2.55. The molecule has 0 radical (unpaired) electrons. The molecule has 150 valence electrons. The van der Waals surface area contributed by atoms with Crippen LogP contribution < -0.4 is 9.46 Å². The minimum Gasteiger partial charge on any atom is -0.492 e. The van der Waals surface area contributed by atoms with Gasteiger partial charge in [0, 0.05) is 18.7 Å². The van der Waals surface area contributed by atoms with E-state index in [0.29, 0.717) is 19.1 Å². The molecule has 6 nitrogen and oxygen atoms in total. The van der Waals surface area contributed by atoms with E-state index in [2.05, 4.69) is 0 Å². The lowest BCUT2D eigenvalue weighted by molar-refractivity contribution is 0.0975. The van der Waals surface area contributed by atoms with Crippen LogP contribution in [0.1, 0.15) is 55.8 Å². The zero-order chi connectivity index (χ0) is 19.6. The third-order valence-corrected chi connectivity index (χ3v) is 7.14. The normalized spacial score (nSPS) is 21.5. The van der Waals surface area contributed by atoms with Crippen LogP contribution in [0.2, 0.25) is 5.02 Å². The van der Waals surface area contributed by atoms with Gasteiger partial charge in [-0.3, -0.25) is 4.79 Å². The number of halogens is 2. The van der Waals surface area contributed by atoms with Gasteiger partial charge in [-0.2, -0.15) is 12.7 Å². The molecule has 1 saturated heterocycles. The molecule has 0 bridgehead atoms. The van der Waals surface area contributed by atoms with Crippen LogP contribution in [0.5, 0.6) is 5.75 Å². The number of amides is 1. The van der Waals surface area contributed by atoms with Gasteiger partial charge < -0.3 is 4.74 Å². The highest BCUT2D eigenvalue weighted by Crippen LogP contribution is 2.31. The Morgan fingerprint density at radius 3 is 2.63 bits per heavy atom. The summed E-state index contributed by atoms with van der Waals surface area (Å²) in [7, 11) is -4.02. The monoisotopic (exact) mass is 418 g/mol. The molecule has 0 aromatic heterocycles. The predicted molar refractivity (Wildman–Crippen MR) is 101 cm³/mol. The maximum absolute atomic E-state index is 14.4. The van der Waals surface area contributed by atoms with E-state index in [1.54, 1.807) is 6.92 Å². The van der Waals surface area contributed by atoms with Crippen molar-refractivity contribution in [3.8, 4) is 5.75 Å². The van der Waals surface area contributed by atoms with Crippen LogP contribution in [0.15, 0.2) is 12.1 Å². The summed E-state index contributed by atoms with van der Waals surface area (Å²) >= 11 is 6.12. The Hall–Kier alpha value is -1.38. The topological polar surface area (TPSA) is 75.7 Å². The van der Waals surface area contributed by atoms with E-state index in [4.69, 9.17) is 16.3 Å². The number of benzene rings is 1. The van der Waals surface area contributed by atoms with Gasteiger partial charge in [0.25, 0.3) is 5.91 Å². The van der Waals surface area contributed by atoms with Crippen LogP contribution >= 0.6 is 11.6 Å². The van der Waals surface area contributed by atoms with Gasteiger partial charge >= 0.3 is 10.2 Å². The number of nitrogens with zero attached hydrogens (tertiary/aromatic N) is 1. The molecule has 1 aliphatic carbocycles. The van der Waals surface area contributed by atoms with Gasteiger partial charge in [0.15, 0.2) is 0 Å². The highest BCUT2D eigenvalue weighted by atomic mass is 35.5. The Labute approximate surface area is 164 Å². The lowest BCUT2D eigenvalue weighted by Crippen LogP contribution is -2.45. The van der Waals surface area contributed by atoms with Crippen molar-refractivity contribution in [3.05, 3.63) is 28.5 Å². The number of ether oxygens (including phenoxy) is 1. The Kier molecular flexibility index (Phi) is 6.28. The maximum Gasteiger partial charge on any atom is 0.304 e. The van der Waals surface area contributed by atoms with E-state index in [9.17, 15) is 17.6 Å². The van der Waals surface area contributed by atoms with Crippen molar-refractivity contribution in [2.45, 2.75) is 51.5 Å². The zero-order valence-electron chi connectivity index (χ0n) is 15.2. The molecule has 1 unspecified atom stereocenters. The van der Waals surface area contributed by atoms with Crippen LogP contribution in [-0.2, 0) is 10.2 Å². The summed E-state index contributed by atoms with van der Waals surface area (Å²) < 4.78 is 47.9. The molecule has 1 amide bonds. The van der Waals surface area contributed by atoms with Crippen molar-refractivity contribution in [1.82, 2.24) is 9.03 Å². The second-order valence-corrected chi connectivity index (χ2v) is 9.29. The van der Waals surface area contributed by atoms with Gasteiger partial charge in [0.1, 0.15) is 11.6 Å². The maximum atomic E-state index is 14.4. The standard InChI is InChI=1S/C18H24ClFN2O4S/c1-12-5-4-8-22(12)27(24,25)21-18(23)14-9-15(19)17(10-16(14)20)26-11-13-6-2-3-7-13/h9-10,12-13H,2-8,11H2,1H3,(H,21,23). The van der Waals surface area contributed by atoms with Crippen LogP contribution in [0.3, 0.4) is 0 Å². The number of hydrogen-bond donors (Lipinski definition) is 1. The quantitative estimate of drug-likeness (QED) is 0.767. The fraction of sp³-hybridized carbons (Fsp3) is 0.611. The molecular formula is C18H24ClFN2O4S. The van der Waals surface area contributed by atoms with E-state index in [1.807, 2.05) is 4.72 Å². The average molecular weight is 419 g/mol. The summed E-state index contributed by atoms with van der Waals surface area (Å²) in [6.07, 6.45) is 5.94. The second-order valence-electron chi connectivity index (χ2n) is 7.26. The van der Waals surface area contributed by atoms with Crippen LogP contribution in [-0.4, -0.2) is 37.8 Å². The van der Waals surface area contributed by atoms with Gasteiger partial charge in [-0.25, -0.2) is 9.11 Å². The average Bonchev–Trinajstić information content (AvgIpc) is 3.26. The number of hydrogen-bond acceptors (Lipinski definition) is 4. The summed E-state index contributed by atoms with van der Waals surface area (Å²) in [4.78, 5) is 12.3. The molecule has 1 N–H and O–H groups in total. The third-order valence-electron chi connectivity index (χ3n) is 5.24. The van der Waals surface area contributed by atoms with E-state index in [-0.39, 0.29) is 16.8 Å². The summed E-state index contributed by atoms with van der Waals surface area (Å²) in [5.74, 6) is -1.33. The fourth-order valence-corrected chi connectivity index (χ4v) is 5.32. The molecule has 9 heteroatoms. The Morgan fingerprint density at radius 2 is 2.00 bits per heavy atom. The third kappa shape index (κ3) is 4.73. The summed E-state index contributed by atoms with van der Waals surface area (Å²) in [5, 5.41) is 0.0754. The van der Waals surface area contributed by atoms with Crippen LogP contribution in [0, 0.1) is 11.7 Å². The Morgan fingerprint density at radius 1 is 1.30 bits per heavy atom. The number of rotatable bonds is 6. The lowest BCUT2D eigenvalue weighted by atomic mass is 10.1. The highest BCUT2D eigenvalue weighted by Gasteiger charge is 2.33. The van der Waals surface area contributed by atoms with Crippen molar-refractivity contribution < 1.29 is 22.3 Å². The Bertz CT molecular complexity index is 812. The minimum absolute atomic E-state index is 0.0754. The molecular weight excluding hydrogens is 395 g/mol. The SMILES string of the molecule is CC1CCCN1S(=O)(=O)NC(=O)c1cc(Cl)c(OCC2CCCC2)cc1F. The number of carbonyl (C=O) groups excluding carboxylic acids is 1. The first kappa shape index (κ1) is 20.4. The van der Waals surface area contributed by atoms with E-state index >= 15 is 0 Å². The molecule has 1 aromatic carbocycles. The minimum atomic E-state index is -4.02. The first-order valence-corrected chi connectivity index (χ1v) is 11.1. The smallest absolute Gasteiger partial charge is 0.304 e. The molecule has 1 atom stereocenters. The molecule has 27 heavy (non-hydrogen) atoms.